The van der Waals surface area contributed by atoms with Crippen LogP contribution in [0.4, 0.5) is 18.9 Å². The minimum Gasteiger partial charge on any atom is -0.388 e. The van der Waals surface area contributed by atoms with E-state index in [0.717, 1.165) is 29.1 Å². The SMILES string of the molecule is CC(C)(C)CCCC(O)c1ccc(N2C(=O)C(C(F)(F)F)CN2CCCc2cc[c-]s2)cc1.[Y]. The summed E-state index contributed by atoms with van der Waals surface area (Å²) >= 11 is 1.49. The van der Waals surface area contributed by atoms with Crippen LogP contribution in [0.5, 0.6) is 0 Å². The van der Waals surface area contributed by atoms with Gasteiger partial charge in [0.1, 0.15) is 5.92 Å². The molecule has 1 amide bonds. The van der Waals surface area contributed by atoms with E-state index in [9.17, 15) is 23.1 Å². The molecule has 1 N–H and O–H groups in total. The Labute approximate surface area is 229 Å². The summed E-state index contributed by atoms with van der Waals surface area (Å²) in [4.78, 5) is 13.8. The van der Waals surface area contributed by atoms with E-state index in [0.29, 0.717) is 30.6 Å². The quantitative estimate of drug-likeness (QED) is 0.367. The number of aryl methyl sites for hydroxylation is 1. The van der Waals surface area contributed by atoms with Crippen LogP contribution in [0.2, 0.25) is 0 Å². The van der Waals surface area contributed by atoms with Gasteiger partial charge in [0, 0.05) is 45.8 Å². The van der Waals surface area contributed by atoms with Crippen LogP contribution in [0.3, 0.4) is 0 Å². The molecule has 1 aromatic heterocycles. The maximum Gasteiger partial charge on any atom is 0.401 e. The summed E-state index contributed by atoms with van der Waals surface area (Å²) in [6.07, 6.45) is -1.40. The molecule has 185 valence electrons. The van der Waals surface area contributed by atoms with E-state index in [1.807, 2.05) is 12.1 Å². The maximum absolute atomic E-state index is 13.5. The maximum atomic E-state index is 13.5. The Hall–Kier alpha value is -0.796. The second-order valence-electron chi connectivity index (χ2n) is 9.84. The summed E-state index contributed by atoms with van der Waals surface area (Å²) < 4.78 is 40.4. The Balaban J connectivity index is 0.00000408. The number of carbonyl (C=O) groups excluding carboxylic acids is 1. The van der Waals surface area contributed by atoms with Gasteiger partial charge in [0.15, 0.2) is 0 Å². The molecular weight excluding hydrogens is 538 g/mol. The van der Waals surface area contributed by atoms with Gasteiger partial charge >= 0.3 is 6.18 Å². The molecule has 2 heterocycles. The molecule has 0 bridgehead atoms. The van der Waals surface area contributed by atoms with Crippen LogP contribution < -0.4 is 5.01 Å². The molecule has 0 aliphatic carbocycles. The van der Waals surface area contributed by atoms with Gasteiger partial charge in [-0.1, -0.05) is 45.7 Å². The van der Waals surface area contributed by atoms with E-state index in [1.54, 1.807) is 24.3 Å². The van der Waals surface area contributed by atoms with E-state index in [1.165, 1.54) is 16.3 Å². The fourth-order valence-electron chi connectivity index (χ4n) is 4.05. The van der Waals surface area contributed by atoms with E-state index in [4.69, 9.17) is 0 Å². The number of carbonyl (C=O) groups is 1. The number of benzene rings is 1. The minimum atomic E-state index is -4.59. The van der Waals surface area contributed by atoms with E-state index in [-0.39, 0.29) is 44.7 Å². The zero-order valence-corrected chi connectivity index (χ0v) is 23.6. The van der Waals surface area contributed by atoms with Crippen LogP contribution in [0.15, 0.2) is 36.4 Å². The number of aliphatic hydroxyl groups is 1. The first kappa shape index (κ1) is 29.4. The van der Waals surface area contributed by atoms with Gasteiger partial charge in [0.2, 0.25) is 0 Å². The topological polar surface area (TPSA) is 43.8 Å². The second kappa shape index (κ2) is 12.4. The predicted molar refractivity (Wildman–Crippen MR) is 125 cm³/mol. The van der Waals surface area contributed by atoms with Crippen molar-refractivity contribution in [3.63, 3.8) is 0 Å². The first-order valence-electron chi connectivity index (χ1n) is 11.3. The van der Waals surface area contributed by atoms with Gasteiger partial charge in [-0.2, -0.15) is 19.2 Å². The number of hydrazine groups is 1. The summed E-state index contributed by atoms with van der Waals surface area (Å²) in [5.41, 5.74) is 1.29. The van der Waals surface area contributed by atoms with Crippen LogP contribution in [0, 0.1) is 16.7 Å². The molecule has 3 rings (SSSR count). The Morgan fingerprint density at radius 2 is 1.82 bits per heavy atom. The van der Waals surface area contributed by atoms with Crippen molar-refractivity contribution in [1.82, 2.24) is 5.01 Å². The van der Waals surface area contributed by atoms with Crippen LogP contribution in [0.1, 0.15) is 63.0 Å². The standard InChI is InChI=1S/C25H32F3N2O2S.Y/c1-24(2,3)14-4-9-22(31)18-10-12-19(13-11-18)30-23(32)21(25(26,27)28)17-29(30)15-5-7-20-8-6-16-33-20;/h6,8,10-13,21-22,31H,4-5,7,9,14-15,17H2,1-3H3;/q-1;. The summed E-state index contributed by atoms with van der Waals surface area (Å²) in [7, 11) is 0. The average molecular weight is 571 g/mol. The van der Waals surface area contributed by atoms with Crippen molar-refractivity contribution in [1.29, 1.82) is 0 Å². The number of alkyl halides is 3. The Bertz CT molecular complexity index is 898. The van der Waals surface area contributed by atoms with Crippen LogP contribution in [-0.2, 0) is 43.9 Å². The number of hydrogen-bond donors (Lipinski definition) is 1. The summed E-state index contributed by atoms with van der Waals surface area (Å²) in [5.74, 6) is -2.99. The van der Waals surface area contributed by atoms with Crippen LogP contribution in [0.25, 0.3) is 0 Å². The molecule has 2 unspecified atom stereocenters. The fraction of sp³-hybridized carbons (Fsp3) is 0.560. The summed E-state index contributed by atoms with van der Waals surface area (Å²) in [5, 5.41) is 16.2. The number of anilines is 1. The predicted octanol–water partition coefficient (Wildman–Crippen LogP) is 6.17. The molecule has 0 saturated carbocycles. The first-order valence-corrected chi connectivity index (χ1v) is 12.2. The molecule has 1 aliphatic rings. The number of hydrogen-bond acceptors (Lipinski definition) is 4. The normalized spacial score (nSPS) is 18.3. The number of amides is 1. The third-order valence-corrected chi connectivity index (χ3v) is 6.73. The zero-order chi connectivity index (χ0) is 24.2. The number of nitrogens with zero attached hydrogens (tertiary/aromatic N) is 2. The van der Waals surface area contributed by atoms with E-state index in [2.05, 4.69) is 26.2 Å². The number of aliphatic hydroxyl groups excluding tert-OH is 1. The molecule has 1 fully saturated rings. The minimum absolute atomic E-state index is 0. The van der Waals surface area contributed by atoms with Crippen LogP contribution in [-0.4, -0.2) is 35.3 Å². The monoisotopic (exact) mass is 570 g/mol. The molecular formula is C25H32F3N2O2SY-. The molecule has 0 spiro atoms. The molecule has 1 radical (unpaired) electrons. The van der Waals surface area contributed by atoms with Gasteiger partial charge in [-0.15, -0.1) is 10.3 Å². The van der Waals surface area contributed by atoms with E-state index < -0.39 is 24.1 Å². The zero-order valence-electron chi connectivity index (χ0n) is 19.9. The average Bonchev–Trinajstić information content (AvgIpc) is 3.35. The third kappa shape index (κ3) is 8.12. The van der Waals surface area contributed by atoms with Crippen molar-refractivity contribution in [2.45, 2.75) is 65.2 Å². The number of rotatable bonds is 9. The van der Waals surface area contributed by atoms with E-state index >= 15 is 0 Å². The third-order valence-electron chi connectivity index (χ3n) is 5.87. The van der Waals surface area contributed by atoms with Crippen molar-refractivity contribution in [2.24, 2.45) is 11.3 Å². The molecule has 2 atom stereocenters. The van der Waals surface area contributed by atoms with Crippen molar-refractivity contribution >= 4 is 22.9 Å². The number of thiophene rings is 1. The van der Waals surface area contributed by atoms with Gasteiger partial charge in [-0.25, -0.2) is 16.1 Å². The van der Waals surface area contributed by atoms with Crippen molar-refractivity contribution in [3.8, 4) is 0 Å². The van der Waals surface area contributed by atoms with Crippen LogP contribution >= 0.6 is 11.3 Å². The number of halogens is 3. The Morgan fingerprint density at radius 3 is 2.38 bits per heavy atom. The molecule has 34 heavy (non-hydrogen) atoms. The second-order valence-corrected chi connectivity index (χ2v) is 10.8. The van der Waals surface area contributed by atoms with Crippen molar-refractivity contribution in [2.75, 3.05) is 18.1 Å². The molecule has 1 saturated heterocycles. The molecule has 4 nitrogen and oxygen atoms in total. The largest absolute Gasteiger partial charge is 0.401 e. The van der Waals surface area contributed by atoms with Gasteiger partial charge in [-0.3, -0.25) is 4.79 Å². The fourth-order valence-corrected chi connectivity index (χ4v) is 4.72. The van der Waals surface area contributed by atoms with Crippen molar-refractivity contribution < 1.29 is 55.8 Å². The van der Waals surface area contributed by atoms with Gasteiger partial charge in [0.05, 0.1) is 11.8 Å². The van der Waals surface area contributed by atoms with Gasteiger partial charge < -0.3 is 16.4 Å². The smallest absolute Gasteiger partial charge is 0.388 e. The Kier molecular flexibility index (Phi) is 10.8. The summed E-state index contributed by atoms with van der Waals surface area (Å²) in [6.45, 7) is 6.42. The summed E-state index contributed by atoms with van der Waals surface area (Å²) in [6, 6.07) is 10.4. The van der Waals surface area contributed by atoms with Gasteiger partial charge in [-0.05, 0) is 42.4 Å². The first-order chi connectivity index (χ1) is 15.5. The van der Waals surface area contributed by atoms with Crippen molar-refractivity contribution in [3.05, 3.63) is 52.2 Å². The molecule has 9 heteroatoms. The molecule has 1 aliphatic heterocycles. The van der Waals surface area contributed by atoms with Gasteiger partial charge in [0.25, 0.3) is 5.91 Å². The molecule has 2 aromatic rings. The molecule has 1 aromatic carbocycles. The Morgan fingerprint density at radius 1 is 1.15 bits per heavy atom.